The Morgan fingerprint density at radius 2 is 1.57 bits per heavy atom. The predicted octanol–water partition coefficient (Wildman–Crippen LogP) is 2.70. The highest BCUT2D eigenvalue weighted by Gasteiger charge is 2.17. The molecule has 6 heteroatoms. The molecule has 0 spiro atoms. The lowest BCUT2D eigenvalue weighted by atomic mass is 9.98. The summed E-state index contributed by atoms with van der Waals surface area (Å²) in [5.41, 5.74) is 0.299. The lowest BCUT2D eigenvalue weighted by Gasteiger charge is -2.21. The van der Waals surface area contributed by atoms with Crippen molar-refractivity contribution < 1.29 is 28.6 Å². The normalized spacial score (nSPS) is 14.8. The van der Waals surface area contributed by atoms with Gasteiger partial charge in [-0.1, -0.05) is 13.0 Å². The highest BCUT2D eigenvalue weighted by molar-refractivity contribution is 5.86. The van der Waals surface area contributed by atoms with Crippen molar-refractivity contribution in [1.82, 2.24) is 0 Å². The molecular formula is C17H26O6. The minimum absolute atomic E-state index is 0.00115. The molecule has 0 aromatic heterocycles. The van der Waals surface area contributed by atoms with Crippen molar-refractivity contribution in [3.63, 3.8) is 0 Å². The second-order valence-electron chi connectivity index (χ2n) is 5.74. The maximum absolute atomic E-state index is 11.7. The first kappa shape index (κ1) is 19.2. The van der Waals surface area contributed by atoms with Gasteiger partial charge in [0.1, 0.15) is 19.3 Å². The van der Waals surface area contributed by atoms with E-state index in [-0.39, 0.29) is 38.1 Å². The number of hydrogen-bond donors (Lipinski definition) is 0. The summed E-state index contributed by atoms with van der Waals surface area (Å²) in [4.78, 5) is 34.2. The van der Waals surface area contributed by atoms with Crippen LogP contribution in [0.2, 0.25) is 0 Å². The van der Waals surface area contributed by atoms with Gasteiger partial charge in [0.05, 0.1) is 0 Å². The van der Waals surface area contributed by atoms with E-state index >= 15 is 0 Å². The summed E-state index contributed by atoms with van der Waals surface area (Å²) in [6.45, 7) is 4.99. The lowest BCUT2D eigenvalue weighted by molar-refractivity contribution is -0.152. The minimum Gasteiger partial charge on any atom is -0.462 e. The summed E-state index contributed by atoms with van der Waals surface area (Å²) in [5.74, 6) is -1.17. The van der Waals surface area contributed by atoms with Crippen molar-refractivity contribution in [1.29, 1.82) is 0 Å². The molecule has 0 saturated heterocycles. The van der Waals surface area contributed by atoms with Gasteiger partial charge in [-0.25, -0.2) is 4.79 Å². The fraction of sp³-hybridized carbons (Fsp3) is 0.706. The Labute approximate surface area is 137 Å². The Morgan fingerprint density at radius 1 is 0.957 bits per heavy atom. The Balaban J connectivity index is 2.01. The van der Waals surface area contributed by atoms with Crippen LogP contribution in [0.5, 0.6) is 0 Å². The van der Waals surface area contributed by atoms with E-state index in [1.807, 2.05) is 0 Å². The number of hydrogen-bond acceptors (Lipinski definition) is 6. The highest BCUT2D eigenvalue weighted by atomic mass is 16.6. The molecule has 23 heavy (non-hydrogen) atoms. The van der Waals surface area contributed by atoms with Crippen molar-refractivity contribution >= 4 is 17.9 Å². The van der Waals surface area contributed by atoms with Gasteiger partial charge in [-0.05, 0) is 39.0 Å². The Hall–Kier alpha value is -1.85. The Morgan fingerprint density at radius 3 is 2.22 bits per heavy atom. The van der Waals surface area contributed by atoms with Crippen molar-refractivity contribution in [3.8, 4) is 0 Å². The minimum atomic E-state index is -0.508. The second-order valence-corrected chi connectivity index (χ2v) is 5.74. The molecule has 1 aliphatic carbocycles. The van der Waals surface area contributed by atoms with Gasteiger partial charge in [0.2, 0.25) is 0 Å². The van der Waals surface area contributed by atoms with Gasteiger partial charge < -0.3 is 14.2 Å². The van der Waals surface area contributed by atoms with Gasteiger partial charge in [-0.2, -0.15) is 0 Å². The summed E-state index contributed by atoms with van der Waals surface area (Å²) >= 11 is 0. The van der Waals surface area contributed by atoms with Crippen molar-refractivity contribution in [3.05, 3.63) is 12.2 Å². The van der Waals surface area contributed by atoms with Crippen LogP contribution in [0.15, 0.2) is 12.2 Å². The van der Waals surface area contributed by atoms with Crippen LogP contribution >= 0.6 is 0 Å². The van der Waals surface area contributed by atoms with E-state index in [1.54, 1.807) is 6.92 Å². The Kier molecular flexibility index (Phi) is 9.02. The first-order valence-electron chi connectivity index (χ1n) is 8.16. The van der Waals surface area contributed by atoms with E-state index in [0.29, 0.717) is 12.0 Å². The predicted molar refractivity (Wildman–Crippen MR) is 83.5 cm³/mol. The van der Waals surface area contributed by atoms with Crippen molar-refractivity contribution in [2.75, 3.05) is 13.2 Å². The molecular weight excluding hydrogens is 300 g/mol. The zero-order chi connectivity index (χ0) is 17.1. The van der Waals surface area contributed by atoms with Gasteiger partial charge in [-0.15, -0.1) is 0 Å². The van der Waals surface area contributed by atoms with Gasteiger partial charge in [0, 0.05) is 18.4 Å². The highest BCUT2D eigenvalue weighted by Crippen LogP contribution is 2.20. The van der Waals surface area contributed by atoms with Crippen LogP contribution in [0.3, 0.4) is 0 Å². The molecule has 1 aliphatic rings. The first-order valence-corrected chi connectivity index (χ1v) is 8.16. The molecule has 0 N–H and O–H groups in total. The number of carbonyl (C=O) groups excluding carboxylic acids is 3. The number of carbonyl (C=O) groups is 3. The van der Waals surface area contributed by atoms with E-state index < -0.39 is 11.9 Å². The van der Waals surface area contributed by atoms with E-state index in [0.717, 1.165) is 25.7 Å². The molecule has 1 saturated carbocycles. The summed E-state index contributed by atoms with van der Waals surface area (Å²) in [6.07, 6.45) is 6.13. The molecule has 0 amide bonds. The lowest BCUT2D eigenvalue weighted by Crippen LogP contribution is -2.21. The quantitative estimate of drug-likeness (QED) is 0.280. The number of rotatable bonds is 9. The van der Waals surface area contributed by atoms with E-state index in [4.69, 9.17) is 14.2 Å². The van der Waals surface area contributed by atoms with Crippen LogP contribution in [0.25, 0.3) is 0 Å². The van der Waals surface area contributed by atoms with Crippen LogP contribution in [-0.4, -0.2) is 37.2 Å². The van der Waals surface area contributed by atoms with Gasteiger partial charge in [0.15, 0.2) is 0 Å². The summed E-state index contributed by atoms with van der Waals surface area (Å²) in [7, 11) is 0. The number of esters is 3. The second kappa shape index (κ2) is 10.8. The smallest absolute Gasteiger partial charge is 0.333 e. The molecule has 6 nitrogen and oxygen atoms in total. The zero-order valence-electron chi connectivity index (χ0n) is 13.8. The summed E-state index contributed by atoms with van der Waals surface area (Å²) in [6, 6.07) is 0. The number of ether oxygens (including phenoxy) is 3. The van der Waals surface area contributed by atoms with Crippen LogP contribution in [0.4, 0.5) is 0 Å². The zero-order valence-corrected chi connectivity index (χ0v) is 13.8. The van der Waals surface area contributed by atoms with Crippen LogP contribution in [-0.2, 0) is 28.6 Å². The average molecular weight is 326 g/mol. The molecule has 0 atom stereocenters. The molecule has 1 fully saturated rings. The van der Waals surface area contributed by atoms with Crippen LogP contribution in [0.1, 0.15) is 58.3 Å². The van der Waals surface area contributed by atoms with E-state index in [9.17, 15) is 14.4 Å². The molecule has 0 radical (unpaired) electrons. The third-order valence-corrected chi connectivity index (χ3v) is 3.54. The van der Waals surface area contributed by atoms with Crippen molar-refractivity contribution in [2.45, 2.75) is 64.4 Å². The molecule has 130 valence electrons. The SMILES string of the molecule is C=C(C)C(=O)OCCOC(=O)CCCC(=O)OC1CCCCC1. The van der Waals surface area contributed by atoms with E-state index in [1.165, 1.54) is 6.42 Å². The molecule has 0 aromatic carbocycles. The molecule has 0 heterocycles. The molecule has 0 bridgehead atoms. The topological polar surface area (TPSA) is 78.9 Å². The monoisotopic (exact) mass is 326 g/mol. The Bertz CT molecular complexity index is 423. The van der Waals surface area contributed by atoms with Crippen LogP contribution < -0.4 is 0 Å². The van der Waals surface area contributed by atoms with Gasteiger partial charge in [0.25, 0.3) is 0 Å². The molecule has 1 rings (SSSR count). The first-order chi connectivity index (χ1) is 11.0. The summed E-state index contributed by atoms with van der Waals surface area (Å²) in [5, 5.41) is 0. The maximum atomic E-state index is 11.7. The molecule has 0 aliphatic heterocycles. The standard InChI is InChI=1S/C17H26O6/c1-13(2)17(20)22-12-11-21-15(18)9-6-10-16(19)23-14-7-4-3-5-8-14/h14H,1,3-12H2,2H3. The van der Waals surface area contributed by atoms with Gasteiger partial charge in [-0.3, -0.25) is 9.59 Å². The van der Waals surface area contributed by atoms with E-state index in [2.05, 4.69) is 6.58 Å². The molecule has 0 aromatic rings. The maximum Gasteiger partial charge on any atom is 0.333 e. The van der Waals surface area contributed by atoms with Gasteiger partial charge >= 0.3 is 17.9 Å². The largest absolute Gasteiger partial charge is 0.462 e. The fourth-order valence-corrected chi connectivity index (χ4v) is 2.29. The van der Waals surface area contributed by atoms with Crippen molar-refractivity contribution in [2.24, 2.45) is 0 Å². The average Bonchev–Trinajstić information content (AvgIpc) is 2.52. The fourth-order valence-electron chi connectivity index (χ4n) is 2.29. The third-order valence-electron chi connectivity index (χ3n) is 3.54. The third kappa shape index (κ3) is 9.01. The summed E-state index contributed by atoms with van der Waals surface area (Å²) < 4.78 is 15.1. The molecule has 0 unspecified atom stereocenters. The van der Waals surface area contributed by atoms with Crippen LogP contribution in [0, 0.1) is 0 Å².